The summed E-state index contributed by atoms with van der Waals surface area (Å²) in [6.45, 7) is 4.01. The molecule has 17 heteroatoms. The van der Waals surface area contributed by atoms with Gasteiger partial charge >= 0.3 is 18.0 Å². The predicted molar refractivity (Wildman–Crippen MR) is 155 cm³/mol. The number of nitrogens with two attached hydrogens (primary N) is 1. The predicted octanol–water partition coefficient (Wildman–Crippen LogP) is 1.45. The van der Waals surface area contributed by atoms with Gasteiger partial charge in [0.2, 0.25) is 5.28 Å². The Balaban J connectivity index is 1.28. The zero-order valence-corrected chi connectivity index (χ0v) is 25.1. The first-order valence-electron chi connectivity index (χ1n) is 14.4. The van der Waals surface area contributed by atoms with Crippen molar-refractivity contribution in [3.8, 4) is 0 Å². The Labute approximate surface area is 260 Å². The maximum absolute atomic E-state index is 16.0. The largest absolute Gasteiger partial charge is 0.463 e. The summed E-state index contributed by atoms with van der Waals surface area (Å²) >= 11 is 5.93. The molecular weight excluding hydrogens is 617 g/mol. The van der Waals surface area contributed by atoms with Gasteiger partial charge in [-0.25, -0.2) is 23.8 Å². The average Bonchev–Trinajstić information content (AvgIpc) is 3.25. The number of hydrogen-bond acceptors (Lipinski definition) is 12. The van der Waals surface area contributed by atoms with Crippen molar-refractivity contribution in [3.05, 3.63) is 41.4 Å². The molecule has 240 valence electrons. The lowest BCUT2D eigenvalue weighted by Gasteiger charge is -2.32. The van der Waals surface area contributed by atoms with Gasteiger partial charge in [-0.2, -0.15) is 9.97 Å². The summed E-state index contributed by atoms with van der Waals surface area (Å²) in [5.74, 6) is -2.18. The number of nitrogen functional groups attached to an aromatic ring is 1. The lowest BCUT2D eigenvalue weighted by atomic mass is 9.93. The van der Waals surface area contributed by atoms with Crippen LogP contribution in [0, 0.1) is 0 Å². The van der Waals surface area contributed by atoms with E-state index in [1.165, 1.54) is 10.9 Å². The van der Waals surface area contributed by atoms with Crippen molar-refractivity contribution in [2.45, 2.75) is 62.5 Å². The number of urea groups is 1. The van der Waals surface area contributed by atoms with E-state index in [1.54, 1.807) is 43.0 Å². The van der Waals surface area contributed by atoms with Crippen LogP contribution >= 0.6 is 11.6 Å². The van der Waals surface area contributed by atoms with Gasteiger partial charge in [0.15, 0.2) is 29.5 Å². The molecule has 1 aliphatic carbocycles. The number of fused-ring (bicyclic) bond motifs is 2. The molecule has 3 fully saturated rings. The molecule has 0 bridgehead atoms. The van der Waals surface area contributed by atoms with E-state index in [0.29, 0.717) is 24.3 Å². The summed E-state index contributed by atoms with van der Waals surface area (Å²) in [6, 6.07) is 6.36. The number of carbonyl (C=O) groups is 3. The van der Waals surface area contributed by atoms with E-state index in [4.69, 9.17) is 36.3 Å². The van der Waals surface area contributed by atoms with Crippen molar-refractivity contribution in [2.75, 3.05) is 36.9 Å². The van der Waals surface area contributed by atoms with Gasteiger partial charge in [-0.05, 0) is 49.6 Å². The van der Waals surface area contributed by atoms with Crippen LogP contribution in [-0.2, 0) is 35.0 Å². The molecule has 2 amide bonds. The number of carbonyl (C=O) groups excluding carboxylic acids is 3. The molecule has 0 spiro atoms. The third-order valence-electron chi connectivity index (χ3n) is 8.07. The molecule has 1 aromatic carbocycles. The SMILES string of the molecule is CCOC(=O)C(Cc1ccc(N2CCCNC2=O)cc1)(OC1[C@H]2O[C@@H](n3cnc4c(N)nc(Cl)nc43)[C@@H](F)[C@@]12O)C(=O)OCC. The molecule has 2 saturated heterocycles. The molecule has 6 rings (SSSR count). The van der Waals surface area contributed by atoms with Gasteiger partial charge in [0.05, 0.1) is 19.5 Å². The van der Waals surface area contributed by atoms with E-state index in [-0.39, 0.29) is 47.9 Å². The van der Waals surface area contributed by atoms with Crippen molar-refractivity contribution < 1.29 is 42.8 Å². The van der Waals surface area contributed by atoms with Gasteiger partial charge in [0.25, 0.3) is 5.60 Å². The second-order valence-electron chi connectivity index (χ2n) is 10.8. The van der Waals surface area contributed by atoms with Gasteiger partial charge < -0.3 is 35.1 Å². The maximum atomic E-state index is 16.0. The summed E-state index contributed by atoms with van der Waals surface area (Å²) in [5.41, 5.74) is 2.49. The number of nitrogens with zero attached hydrogens (tertiary/aromatic N) is 5. The molecule has 1 saturated carbocycles. The van der Waals surface area contributed by atoms with Crippen LogP contribution < -0.4 is 16.0 Å². The molecule has 3 aliphatic rings. The molecule has 45 heavy (non-hydrogen) atoms. The number of imidazole rings is 1. The first kappa shape index (κ1) is 30.9. The zero-order valence-electron chi connectivity index (χ0n) is 24.3. The van der Waals surface area contributed by atoms with E-state index in [1.807, 2.05) is 0 Å². The monoisotopic (exact) mass is 647 g/mol. The van der Waals surface area contributed by atoms with Gasteiger partial charge in [0, 0.05) is 25.2 Å². The minimum absolute atomic E-state index is 0.0249. The highest BCUT2D eigenvalue weighted by atomic mass is 35.5. The van der Waals surface area contributed by atoms with Crippen LogP contribution in [0.2, 0.25) is 5.28 Å². The standard InChI is InChI=1S/C28H31ClFN7O8/c1-3-42-23(38)27(24(39)43-4-2,12-14-6-8-15(9-7-14)36-11-5-10-32-26(36)40)45-19-18-28(19,41)17(30)22(44-18)37-13-33-16-20(31)34-25(29)35-21(16)37/h6-9,13,17-19,22,41H,3-5,10-12H2,1-2H3,(H,32,40)(H2,31,34,35)/t17-,18-,19?,22-,28+/m1/s1. The molecule has 15 nitrogen and oxygen atoms in total. The number of ether oxygens (including phenoxy) is 4. The normalized spacial score (nSPS) is 26.0. The molecule has 2 aliphatic heterocycles. The van der Waals surface area contributed by atoms with Gasteiger partial charge in [-0.15, -0.1) is 0 Å². The number of aromatic nitrogens is 4. The second-order valence-corrected chi connectivity index (χ2v) is 11.2. The van der Waals surface area contributed by atoms with Crippen LogP contribution in [0.4, 0.5) is 20.7 Å². The van der Waals surface area contributed by atoms with E-state index in [0.717, 1.165) is 6.42 Å². The highest BCUT2D eigenvalue weighted by Gasteiger charge is 2.81. The minimum Gasteiger partial charge on any atom is -0.463 e. The summed E-state index contributed by atoms with van der Waals surface area (Å²) < 4.78 is 39.6. The molecular formula is C28H31ClFN7O8. The third-order valence-corrected chi connectivity index (χ3v) is 8.24. The van der Waals surface area contributed by atoms with Gasteiger partial charge in [-0.1, -0.05) is 12.1 Å². The lowest BCUT2D eigenvalue weighted by molar-refractivity contribution is -0.201. The second kappa shape index (κ2) is 11.7. The fraction of sp³-hybridized carbons (Fsp3) is 0.500. The average molecular weight is 648 g/mol. The molecule has 4 N–H and O–H groups in total. The Kier molecular flexibility index (Phi) is 8.01. The number of halogens is 2. The number of hydrogen-bond donors (Lipinski definition) is 3. The minimum atomic E-state index is -2.42. The number of benzene rings is 1. The summed E-state index contributed by atoms with van der Waals surface area (Å²) in [7, 11) is 0. The van der Waals surface area contributed by atoms with E-state index in [2.05, 4.69) is 20.3 Å². The van der Waals surface area contributed by atoms with E-state index in [9.17, 15) is 19.5 Å². The molecule has 5 atom stereocenters. The van der Waals surface area contributed by atoms with Crippen LogP contribution in [0.1, 0.15) is 32.1 Å². The molecule has 0 radical (unpaired) electrons. The van der Waals surface area contributed by atoms with Crippen LogP contribution in [0.5, 0.6) is 0 Å². The number of amides is 2. The quantitative estimate of drug-likeness (QED) is 0.163. The van der Waals surface area contributed by atoms with Crippen LogP contribution in [0.15, 0.2) is 30.6 Å². The molecule has 1 unspecified atom stereocenters. The zero-order chi connectivity index (χ0) is 32.1. The fourth-order valence-corrected chi connectivity index (χ4v) is 5.94. The summed E-state index contributed by atoms with van der Waals surface area (Å²) in [5, 5.41) is 14.0. The van der Waals surface area contributed by atoms with Gasteiger partial charge in [0.1, 0.15) is 17.7 Å². The topological polar surface area (TPSA) is 193 Å². The van der Waals surface area contributed by atoms with E-state index < -0.39 is 47.7 Å². The number of anilines is 2. The van der Waals surface area contributed by atoms with Crippen molar-refractivity contribution in [2.24, 2.45) is 0 Å². The van der Waals surface area contributed by atoms with Crippen molar-refractivity contribution in [1.82, 2.24) is 24.8 Å². The van der Waals surface area contributed by atoms with Crippen molar-refractivity contribution >= 4 is 52.2 Å². The van der Waals surface area contributed by atoms with Crippen molar-refractivity contribution in [1.29, 1.82) is 0 Å². The Bertz CT molecular complexity index is 1620. The summed E-state index contributed by atoms with van der Waals surface area (Å²) in [4.78, 5) is 52.8. The Hall–Kier alpha value is -4.12. The number of alkyl halides is 1. The van der Waals surface area contributed by atoms with Crippen LogP contribution in [0.3, 0.4) is 0 Å². The highest BCUT2D eigenvalue weighted by molar-refractivity contribution is 6.28. The molecule has 3 aromatic rings. The number of esters is 2. The number of aliphatic hydroxyl groups is 1. The maximum Gasteiger partial charge on any atom is 0.350 e. The first-order valence-corrected chi connectivity index (χ1v) is 14.8. The smallest absolute Gasteiger partial charge is 0.350 e. The van der Waals surface area contributed by atoms with Crippen LogP contribution in [-0.4, -0.2) is 98.5 Å². The Morgan fingerprint density at radius 3 is 2.51 bits per heavy atom. The fourth-order valence-electron chi connectivity index (χ4n) is 5.77. The van der Waals surface area contributed by atoms with E-state index >= 15 is 4.39 Å². The highest BCUT2D eigenvalue weighted by Crippen LogP contribution is 2.58. The molecule has 4 heterocycles. The number of rotatable bonds is 10. The van der Waals surface area contributed by atoms with Crippen LogP contribution in [0.25, 0.3) is 11.2 Å². The Morgan fingerprint density at radius 1 is 1.22 bits per heavy atom. The molecule has 2 aromatic heterocycles. The summed E-state index contributed by atoms with van der Waals surface area (Å²) in [6.07, 6.45) is -4.64. The first-order chi connectivity index (χ1) is 21.5. The Morgan fingerprint density at radius 2 is 1.91 bits per heavy atom. The third kappa shape index (κ3) is 5.10. The number of nitrogens with one attached hydrogen (secondary N) is 1. The van der Waals surface area contributed by atoms with Crippen molar-refractivity contribution in [3.63, 3.8) is 0 Å². The van der Waals surface area contributed by atoms with Gasteiger partial charge in [-0.3, -0.25) is 9.47 Å². The lowest BCUT2D eigenvalue weighted by Crippen LogP contribution is -2.55.